The van der Waals surface area contributed by atoms with Gasteiger partial charge in [0, 0.05) is 5.39 Å². The molecule has 0 aliphatic rings. The minimum atomic E-state index is 0.301. The molecule has 0 amide bonds. The van der Waals surface area contributed by atoms with E-state index in [0.29, 0.717) is 23.6 Å². The maximum absolute atomic E-state index is 10.5. The van der Waals surface area contributed by atoms with Crippen LogP contribution in [0.15, 0.2) is 51.3 Å². The van der Waals surface area contributed by atoms with Gasteiger partial charge in [-0.3, -0.25) is 4.79 Å². The molecule has 2 aromatic heterocycles. The van der Waals surface area contributed by atoms with Crippen molar-refractivity contribution in [2.24, 2.45) is 0 Å². The molecule has 16 heavy (non-hydrogen) atoms. The number of fused-ring (bicyclic) bond motifs is 1. The second kappa shape index (κ2) is 3.38. The van der Waals surface area contributed by atoms with Crippen LogP contribution < -0.4 is 0 Å². The van der Waals surface area contributed by atoms with Crippen molar-refractivity contribution in [1.29, 1.82) is 0 Å². The van der Waals surface area contributed by atoms with E-state index < -0.39 is 0 Å². The molecule has 0 saturated heterocycles. The lowest BCUT2D eigenvalue weighted by Crippen LogP contribution is -1.68. The summed E-state index contributed by atoms with van der Waals surface area (Å²) < 4.78 is 10.9. The second-order valence-electron chi connectivity index (χ2n) is 3.47. The van der Waals surface area contributed by atoms with E-state index in [-0.39, 0.29) is 0 Å². The summed E-state index contributed by atoms with van der Waals surface area (Å²) in [4.78, 5) is 10.5. The molecule has 0 spiro atoms. The van der Waals surface area contributed by atoms with Gasteiger partial charge >= 0.3 is 0 Å². The fourth-order valence-electron chi connectivity index (χ4n) is 1.65. The highest BCUT2D eigenvalue weighted by Crippen LogP contribution is 2.28. The zero-order valence-electron chi connectivity index (χ0n) is 8.34. The first-order chi connectivity index (χ1) is 7.86. The standard InChI is InChI=1S/C13H8O3/c14-8-10-5-6-12(15-10)13-7-9-3-1-2-4-11(9)16-13/h1-8H. The molecule has 3 heteroatoms. The Morgan fingerprint density at radius 1 is 0.938 bits per heavy atom. The zero-order valence-corrected chi connectivity index (χ0v) is 8.34. The second-order valence-corrected chi connectivity index (χ2v) is 3.47. The van der Waals surface area contributed by atoms with E-state index in [4.69, 9.17) is 8.83 Å². The maximum atomic E-state index is 10.5. The third-order valence-electron chi connectivity index (χ3n) is 2.41. The number of benzene rings is 1. The van der Waals surface area contributed by atoms with Gasteiger partial charge in [0.25, 0.3) is 0 Å². The molecule has 0 saturated carbocycles. The molecule has 0 bridgehead atoms. The summed E-state index contributed by atoms with van der Waals surface area (Å²) >= 11 is 0. The number of hydrogen-bond donors (Lipinski definition) is 0. The SMILES string of the molecule is O=Cc1ccc(-c2cc3ccccc3o2)o1. The summed E-state index contributed by atoms with van der Waals surface area (Å²) in [6.45, 7) is 0. The molecule has 3 rings (SSSR count). The van der Waals surface area contributed by atoms with Crippen molar-refractivity contribution in [3.8, 4) is 11.5 Å². The van der Waals surface area contributed by atoms with Gasteiger partial charge in [-0.05, 0) is 24.3 Å². The molecule has 0 unspecified atom stereocenters. The Morgan fingerprint density at radius 3 is 2.56 bits per heavy atom. The third-order valence-corrected chi connectivity index (χ3v) is 2.41. The number of hydrogen-bond acceptors (Lipinski definition) is 3. The molecule has 3 nitrogen and oxygen atoms in total. The quantitative estimate of drug-likeness (QED) is 0.610. The molecule has 0 atom stereocenters. The molecular formula is C13H8O3. The van der Waals surface area contributed by atoms with E-state index in [1.54, 1.807) is 12.1 Å². The van der Waals surface area contributed by atoms with Crippen LogP contribution in [0.3, 0.4) is 0 Å². The first kappa shape index (κ1) is 8.97. The summed E-state index contributed by atoms with van der Waals surface area (Å²) in [5.41, 5.74) is 0.807. The van der Waals surface area contributed by atoms with Crippen molar-refractivity contribution in [1.82, 2.24) is 0 Å². The highest BCUT2D eigenvalue weighted by molar-refractivity contribution is 5.82. The van der Waals surface area contributed by atoms with Gasteiger partial charge in [0.15, 0.2) is 23.6 Å². The summed E-state index contributed by atoms with van der Waals surface area (Å²) in [5.74, 6) is 1.50. The van der Waals surface area contributed by atoms with E-state index >= 15 is 0 Å². The molecular weight excluding hydrogens is 204 g/mol. The number of para-hydroxylation sites is 1. The molecule has 78 valence electrons. The summed E-state index contributed by atoms with van der Waals surface area (Å²) in [5, 5.41) is 1.02. The van der Waals surface area contributed by atoms with E-state index in [9.17, 15) is 4.79 Å². The minimum Gasteiger partial charge on any atom is -0.453 e. The number of furan rings is 2. The first-order valence-electron chi connectivity index (χ1n) is 4.91. The van der Waals surface area contributed by atoms with E-state index in [1.807, 2.05) is 30.3 Å². The number of carbonyl (C=O) groups is 1. The summed E-state index contributed by atoms with van der Waals surface area (Å²) in [6, 6.07) is 12.9. The Bertz CT molecular complexity index is 613. The molecule has 2 heterocycles. The van der Waals surface area contributed by atoms with Crippen molar-refractivity contribution in [2.75, 3.05) is 0 Å². The van der Waals surface area contributed by atoms with Gasteiger partial charge in [-0.2, -0.15) is 0 Å². The van der Waals surface area contributed by atoms with Crippen LogP contribution in [0.25, 0.3) is 22.5 Å². The molecule has 0 radical (unpaired) electrons. The zero-order chi connectivity index (χ0) is 11.0. The van der Waals surface area contributed by atoms with Crippen LogP contribution in [0.4, 0.5) is 0 Å². The Kier molecular flexibility index (Phi) is 1.90. The van der Waals surface area contributed by atoms with Crippen LogP contribution in [-0.2, 0) is 0 Å². The Balaban J connectivity index is 2.14. The van der Waals surface area contributed by atoms with Gasteiger partial charge in [0.1, 0.15) is 5.58 Å². The lowest BCUT2D eigenvalue weighted by Gasteiger charge is -1.87. The Labute approximate surface area is 91.3 Å². The van der Waals surface area contributed by atoms with Crippen molar-refractivity contribution in [3.63, 3.8) is 0 Å². The minimum absolute atomic E-state index is 0.301. The average molecular weight is 212 g/mol. The summed E-state index contributed by atoms with van der Waals surface area (Å²) in [7, 11) is 0. The topological polar surface area (TPSA) is 43.4 Å². The predicted octanol–water partition coefficient (Wildman–Crippen LogP) is 3.51. The molecule has 0 aliphatic carbocycles. The third kappa shape index (κ3) is 1.34. The van der Waals surface area contributed by atoms with Crippen LogP contribution in [0, 0.1) is 0 Å². The van der Waals surface area contributed by atoms with Gasteiger partial charge in [0.05, 0.1) is 0 Å². The number of rotatable bonds is 2. The number of aldehydes is 1. The van der Waals surface area contributed by atoms with Crippen LogP contribution in [-0.4, -0.2) is 6.29 Å². The fraction of sp³-hybridized carbons (Fsp3) is 0. The lowest BCUT2D eigenvalue weighted by molar-refractivity contribution is 0.110. The molecule has 1 aromatic carbocycles. The molecule has 0 aliphatic heterocycles. The maximum Gasteiger partial charge on any atom is 0.185 e. The Hall–Kier alpha value is -2.29. The highest BCUT2D eigenvalue weighted by Gasteiger charge is 2.09. The predicted molar refractivity (Wildman–Crippen MR) is 59.3 cm³/mol. The van der Waals surface area contributed by atoms with E-state index in [0.717, 1.165) is 11.0 Å². The highest BCUT2D eigenvalue weighted by atomic mass is 16.4. The fourth-order valence-corrected chi connectivity index (χ4v) is 1.65. The first-order valence-corrected chi connectivity index (χ1v) is 4.91. The van der Waals surface area contributed by atoms with Gasteiger partial charge in [-0.1, -0.05) is 18.2 Å². The smallest absolute Gasteiger partial charge is 0.185 e. The molecule has 0 N–H and O–H groups in total. The summed E-state index contributed by atoms with van der Waals surface area (Å²) in [6.07, 6.45) is 0.673. The number of carbonyl (C=O) groups excluding carboxylic acids is 1. The monoisotopic (exact) mass is 212 g/mol. The van der Waals surface area contributed by atoms with Crippen LogP contribution in [0.2, 0.25) is 0 Å². The molecule has 0 fully saturated rings. The Morgan fingerprint density at radius 2 is 1.81 bits per heavy atom. The van der Waals surface area contributed by atoms with Gasteiger partial charge in [0.2, 0.25) is 0 Å². The normalized spacial score (nSPS) is 10.8. The largest absolute Gasteiger partial charge is 0.453 e. The van der Waals surface area contributed by atoms with E-state index in [1.165, 1.54) is 0 Å². The van der Waals surface area contributed by atoms with E-state index in [2.05, 4.69) is 0 Å². The van der Waals surface area contributed by atoms with Crippen molar-refractivity contribution in [2.45, 2.75) is 0 Å². The van der Waals surface area contributed by atoms with Crippen molar-refractivity contribution < 1.29 is 13.6 Å². The average Bonchev–Trinajstić information content (AvgIpc) is 2.95. The lowest BCUT2D eigenvalue weighted by atomic mass is 10.2. The molecule has 3 aromatic rings. The van der Waals surface area contributed by atoms with Crippen molar-refractivity contribution in [3.05, 3.63) is 48.2 Å². The van der Waals surface area contributed by atoms with Crippen LogP contribution in [0.5, 0.6) is 0 Å². The van der Waals surface area contributed by atoms with Crippen LogP contribution in [0.1, 0.15) is 10.6 Å². The van der Waals surface area contributed by atoms with Gasteiger partial charge in [-0.25, -0.2) is 0 Å². The van der Waals surface area contributed by atoms with Gasteiger partial charge < -0.3 is 8.83 Å². The van der Waals surface area contributed by atoms with Crippen molar-refractivity contribution >= 4 is 17.3 Å². The van der Waals surface area contributed by atoms with Gasteiger partial charge in [-0.15, -0.1) is 0 Å². The van der Waals surface area contributed by atoms with Crippen LogP contribution >= 0.6 is 0 Å².